The van der Waals surface area contributed by atoms with Crippen LogP contribution in [0.3, 0.4) is 0 Å². The van der Waals surface area contributed by atoms with E-state index >= 15 is 0 Å². The molecule has 0 fully saturated rings. The molecule has 0 aliphatic heterocycles. The Morgan fingerprint density at radius 1 is 1.28 bits per heavy atom. The maximum atomic E-state index is 12.9. The third kappa shape index (κ3) is 3.92. The van der Waals surface area contributed by atoms with E-state index in [0.29, 0.717) is 6.54 Å². The maximum Gasteiger partial charge on any atom is 0.236 e. The van der Waals surface area contributed by atoms with Crippen LogP contribution < -0.4 is 10.0 Å². The van der Waals surface area contributed by atoms with Gasteiger partial charge in [0.25, 0.3) is 0 Å². The van der Waals surface area contributed by atoms with Gasteiger partial charge >= 0.3 is 0 Å². The van der Waals surface area contributed by atoms with Gasteiger partial charge in [0.2, 0.25) is 10.0 Å². The van der Waals surface area contributed by atoms with Gasteiger partial charge in [0.1, 0.15) is 0 Å². The van der Waals surface area contributed by atoms with Crippen molar-refractivity contribution in [2.45, 2.75) is 19.1 Å². The van der Waals surface area contributed by atoms with E-state index in [1.165, 1.54) is 13.0 Å². The van der Waals surface area contributed by atoms with E-state index in [2.05, 4.69) is 10.0 Å². The number of nitrogens with one attached hydrogen (secondary N) is 2. The van der Waals surface area contributed by atoms with Gasteiger partial charge in [-0.1, -0.05) is 6.92 Å². The molecule has 0 bridgehead atoms. The summed E-state index contributed by atoms with van der Waals surface area (Å²) in [6.07, 6.45) is 0. The van der Waals surface area contributed by atoms with E-state index < -0.39 is 26.9 Å². The van der Waals surface area contributed by atoms with E-state index in [4.69, 9.17) is 0 Å². The zero-order valence-electron chi connectivity index (χ0n) is 10.2. The van der Waals surface area contributed by atoms with Crippen LogP contribution in [0.1, 0.15) is 13.8 Å². The monoisotopic (exact) mass is 278 g/mol. The summed E-state index contributed by atoms with van der Waals surface area (Å²) in [6, 6.07) is 2.87. The van der Waals surface area contributed by atoms with Gasteiger partial charge in [-0.05, 0) is 25.6 Å². The van der Waals surface area contributed by atoms with Crippen LogP contribution in [0, 0.1) is 11.6 Å². The molecule has 4 nitrogen and oxygen atoms in total. The first kappa shape index (κ1) is 14.8. The fourth-order valence-electron chi connectivity index (χ4n) is 1.28. The summed E-state index contributed by atoms with van der Waals surface area (Å²) in [6.45, 7) is 4.34. The smallest absolute Gasteiger partial charge is 0.236 e. The first-order chi connectivity index (χ1) is 8.36. The van der Waals surface area contributed by atoms with Crippen molar-refractivity contribution in [2.75, 3.05) is 17.8 Å². The first-order valence-electron chi connectivity index (χ1n) is 5.54. The molecule has 0 amide bonds. The quantitative estimate of drug-likeness (QED) is 0.832. The summed E-state index contributed by atoms with van der Waals surface area (Å²) < 4.78 is 51.5. The van der Waals surface area contributed by atoms with Crippen LogP contribution in [-0.4, -0.2) is 26.8 Å². The zero-order chi connectivity index (χ0) is 13.8. The van der Waals surface area contributed by atoms with E-state index in [9.17, 15) is 17.2 Å². The zero-order valence-corrected chi connectivity index (χ0v) is 11.0. The van der Waals surface area contributed by atoms with E-state index in [1.807, 2.05) is 6.92 Å². The third-order valence-corrected chi connectivity index (χ3v) is 4.14. The average Bonchev–Trinajstić information content (AvgIpc) is 2.30. The second kappa shape index (κ2) is 6.10. The van der Waals surface area contributed by atoms with Gasteiger partial charge in [-0.2, -0.15) is 0 Å². The van der Waals surface area contributed by atoms with Crippen LogP contribution in [0.25, 0.3) is 0 Å². The van der Waals surface area contributed by atoms with Crippen LogP contribution >= 0.6 is 0 Å². The number of sulfonamides is 1. The van der Waals surface area contributed by atoms with Gasteiger partial charge in [0.15, 0.2) is 11.6 Å². The Kier molecular flexibility index (Phi) is 5.03. The minimum Gasteiger partial charge on any atom is -0.316 e. The number of halogens is 2. The second-order valence-electron chi connectivity index (χ2n) is 3.89. The van der Waals surface area contributed by atoms with Gasteiger partial charge in [-0.25, -0.2) is 17.2 Å². The SMILES string of the molecule is CCNCC(C)S(=O)(=O)Nc1ccc(F)c(F)c1. The molecule has 0 aliphatic carbocycles. The number of hydrogen-bond acceptors (Lipinski definition) is 3. The van der Waals surface area contributed by atoms with Crippen LogP contribution in [0.4, 0.5) is 14.5 Å². The molecule has 0 saturated heterocycles. The Balaban J connectivity index is 2.78. The van der Waals surface area contributed by atoms with Crippen molar-refractivity contribution in [3.8, 4) is 0 Å². The molecule has 1 unspecified atom stereocenters. The summed E-state index contributed by atoms with van der Waals surface area (Å²) in [5, 5.41) is 2.23. The largest absolute Gasteiger partial charge is 0.316 e. The molecule has 0 aromatic heterocycles. The fraction of sp³-hybridized carbons (Fsp3) is 0.455. The molecule has 7 heteroatoms. The van der Waals surface area contributed by atoms with Gasteiger partial charge < -0.3 is 5.32 Å². The highest BCUT2D eigenvalue weighted by atomic mass is 32.2. The van der Waals surface area contributed by atoms with E-state index in [-0.39, 0.29) is 12.2 Å². The van der Waals surface area contributed by atoms with Gasteiger partial charge in [0.05, 0.1) is 10.9 Å². The molecule has 102 valence electrons. The molecule has 0 spiro atoms. The summed E-state index contributed by atoms with van der Waals surface area (Å²) in [7, 11) is -3.62. The van der Waals surface area contributed by atoms with Gasteiger partial charge in [-0.3, -0.25) is 4.72 Å². The molecular weight excluding hydrogens is 262 g/mol. The Labute approximate surface area is 105 Å². The van der Waals surface area contributed by atoms with Crippen molar-refractivity contribution in [1.82, 2.24) is 5.32 Å². The highest BCUT2D eigenvalue weighted by Gasteiger charge is 2.20. The second-order valence-corrected chi connectivity index (χ2v) is 5.99. The Hall–Kier alpha value is -1.21. The van der Waals surface area contributed by atoms with E-state index in [0.717, 1.165) is 12.1 Å². The number of hydrogen-bond donors (Lipinski definition) is 2. The van der Waals surface area contributed by atoms with Crippen molar-refractivity contribution in [2.24, 2.45) is 0 Å². The number of benzene rings is 1. The molecular formula is C11H16F2N2O2S. The molecule has 1 aromatic rings. The highest BCUT2D eigenvalue weighted by molar-refractivity contribution is 7.93. The predicted molar refractivity (Wildman–Crippen MR) is 66.9 cm³/mol. The average molecular weight is 278 g/mol. The number of rotatable bonds is 6. The maximum absolute atomic E-state index is 12.9. The lowest BCUT2D eigenvalue weighted by molar-refractivity contribution is 0.509. The Bertz CT molecular complexity index is 506. The van der Waals surface area contributed by atoms with Gasteiger partial charge in [-0.15, -0.1) is 0 Å². The van der Waals surface area contributed by atoms with Crippen LogP contribution in [0.15, 0.2) is 18.2 Å². The van der Waals surface area contributed by atoms with Crippen LogP contribution in [0.2, 0.25) is 0 Å². The molecule has 1 rings (SSSR count). The molecule has 0 radical (unpaired) electrons. The standard InChI is InChI=1S/C11H16F2N2O2S/c1-3-14-7-8(2)18(16,17)15-9-4-5-10(12)11(13)6-9/h4-6,8,14-15H,3,7H2,1-2H3. The van der Waals surface area contributed by atoms with Crippen molar-refractivity contribution in [3.05, 3.63) is 29.8 Å². The molecule has 18 heavy (non-hydrogen) atoms. The lowest BCUT2D eigenvalue weighted by Gasteiger charge is -2.15. The molecule has 2 N–H and O–H groups in total. The number of anilines is 1. The molecule has 1 aromatic carbocycles. The predicted octanol–water partition coefficient (Wildman–Crippen LogP) is 1.70. The lowest BCUT2D eigenvalue weighted by atomic mass is 10.3. The van der Waals surface area contributed by atoms with E-state index in [1.54, 1.807) is 0 Å². The Morgan fingerprint density at radius 3 is 2.50 bits per heavy atom. The lowest BCUT2D eigenvalue weighted by Crippen LogP contribution is -2.34. The first-order valence-corrected chi connectivity index (χ1v) is 7.09. The molecule has 0 saturated carbocycles. The fourth-order valence-corrected chi connectivity index (χ4v) is 2.28. The summed E-state index contributed by atoms with van der Waals surface area (Å²) in [4.78, 5) is 0. The Morgan fingerprint density at radius 2 is 1.94 bits per heavy atom. The topological polar surface area (TPSA) is 58.2 Å². The van der Waals surface area contributed by atoms with Crippen LogP contribution in [-0.2, 0) is 10.0 Å². The summed E-state index contributed by atoms with van der Waals surface area (Å²) >= 11 is 0. The van der Waals surface area contributed by atoms with Crippen molar-refractivity contribution < 1.29 is 17.2 Å². The summed E-state index contributed by atoms with van der Waals surface area (Å²) in [5.41, 5.74) is 0.0113. The molecule has 0 aliphatic rings. The highest BCUT2D eigenvalue weighted by Crippen LogP contribution is 2.15. The van der Waals surface area contributed by atoms with Gasteiger partial charge in [0, 0.05) is 12.6 Å². The third-order valence-electron chi connectivity index (χ3n) is 2.39. The normalized spacial score (nSPS) is 13.3. The summed E-state index contributed by atoms with van der Waals surface area (Å²) in [5.74, 6) is -2.10. The minimum absolute atomic E-state index is 0.0113. The minimum atomic E-state index is -3.62. The van der Waals surface area contributed by atoms with Crippen LogP contribution in [0.5, 0.6) is 0 Å². The van der Waals surface area contributed by atoms with Crippen molar-refractivity contribution >= 4 is 15.7 Å². The molecule has 0 heterocycles. The van der Waals surface area contributed by atoms with Crippen molar-refractivity contribution in [1.29, 1.82) is 0 Å². The molecule has 1 atom stereocenters. The van der Waals surface area contributed by atoms with Crippen molar-refractivity contribution in [3.63, 3.8) is 0 Å².